The van der Waals surface area contributed by atoms with E-state index < -0.39 is 0 Å². The molecule has 0 atom stereocenters. The summed E-state index contributed by atoms with van der Waals surface area (Å²) in [7, 11) is 0. The smallest absolute Gasteiger partial charge is 0.129 e. The minimum atomic E-state index is 0.577. The van der Waals surface area contributed by atoms with E-state index in [1.807, 2.05) is 0 Å². The standard InChI is InChI=1S/C6HBr3ClN3/c7-1-2(8)5-6(12-13-11-5)3(9)4(1)10/h(H,11,12,13). The fourth-order valence-electron chi connectivity index (χ4n) is 0.938. The molecule has 0 aliphatic heterocycles. The summed E-state index contributed by atoms with van der Waals surface area (Å²) >= 11 is 16.1. The molecule has 7 heteroatoms. The van der Waals surface area contributed by atoms with E-state index in [9.17, 15) is 0 Å². The van der Waals surface area contributed by atoms with Gasteiger partial charge in [0.25, 0.3) is 0 Å². The number of benzene rings is 1. The molecule has 0 aliphatic rings. The number of halogens is 4. The average Bonchev–Trinajstić information content (AvgIpc) is 2.59. The largest absolute Gasteiger partial charge is 0.197 e. The van der Waals surface area contributed by atoms with Gasteiger partial charge in [0.15, 0.2) is 0 Å². The molecule has 0 amide bonds. The fourth-order valence-corrected chi connectivity index (χ4v) is 2.84. The predicted octanol–water partition coefficient (Wildman–Crippen LogP) is 3.90. The molecule has 0 fully saturated rings. The Morgan fingerprint density at radius 2 is 1.46 bits per heavy atom. The van der Waals surface area contributed by atoms with Gasteiger partial charge in [0.1, 0.15) is 11.0 Å². The van der Waals surface area contributed by atoms with Crippen molar-refractivity contribution in [1.82, 2.24) is 15.4 Å². The Kier molecular flexibility index (Phi) is 2.65. The van der Waals surface area contributed by atoms with Gasteiger partial charge in [-0.2, -0.15) is 15.4 Å². The summed E-state index contributed by atoms with van der Waals surface area (Å²) < 4.78 is 2.29. The monoisotopic (exact) mass is 387 g/mol. The molecule has 1 heterocycles. The lowest BCUT2D eigenvalue weighted by Crippen LogP contribution is -1.80. The maximum atomic E-state index is 6.01. The van der Waals surface area contributed by atoms with Crippen LogP contribution in [0.25, 0.3) is 11.0 Å². The number of aromatic amines is 1. The van der Waals surface area contributed by atoms with Crippen molar-refractivity contribution in [3.8, 4) is 0 Å². The predicted molar refractivity (Wildman–Crippen MR) is 62.0 cm³/mol. The molecule has 0 bridgehead atoms. The number of fused-ring (bicyclic) bond motifs is 1. The molecule has 0 radical (unpaired) electrons. The van der Waals surface area contributed by atoms with Crippen LogP contribution in [0.4, 0.5) is 0 Å². The van der Waals surface area contributed by atoms with E-state index in [1.54, 1.807) is 0 Å². The van der Waals surface area contributed by atoms with Crippen LogP contribution in [0.5, 0.6) is 0 Å². The van der Waals surface area contributed by atoms with E-state index in [-0.39, 0.29) is 0 Å². The highest BCUT2D eigenvalue weighted by Gasteiger charge is 2.16. The topological polar surface area (TPSA) is 41.6 Å². The number of rotatable bonds is 0. The lowest BCUT2D eigenvalue weighted by Gasteiger charge is -2.02. The van der Waals surface area contributed by atoms with E-state index in [4.69, 9.17) is 11.6 Å². The van der Waals surface area contributed by atoms with Crippen molar-refractivity contribution < 1.29 is 0 Å². The fraction of sp³-hybridized carbons (Fsp3) is 0. The number of nitrogens with one attached hydrogen (secondary N) is 1. The van der Waals surface area contributed by atoms with Crippen molar-refractivity contribution in [2.45, 2.75) is 0 Å². The number of nitrogens with zero attached hydrogens (tertiary/aromatic N) is 2. The highest BCUT2D eigenvalue weighted by molar-refractivity contribution is 9.13. The lowest BCUT2D eigenvalue weighted by molar-refractivity contribution is 0.958. The molecule has 2 aromatic rings. The molecule has 1 N–H and O–H groups in total. The van der Waals surface area contributed by atoms with Crippen LogP contribution in [0.2, 0.25) is 5.02 Å². The van der Waals surface area contributed by atoms with Gasteiger partial charge in [-0.15, -0.1) is 0 Å². The molecule has 0 saturated carbocycles. The van der Waals surface area contributed by atoms with Crippen LogP contribution >= 0.6 is 59.4 Å². The van der Waals surface area contributed by atoms with Gasteiger partial charge >= 0.3 is 0 Å². The van der Waals surface area contributed by atoms with Gasteiger partial charge < -0.3 is 0 Å². The molecule has 1 aromatic heterocycles. The SMILES string of the molecule is Clc1c(Br)c(Br)c2n[nH]nc2c1Br. The number of H-pyrrole nitrogens is 1. The van der Waals surface area contributed by atoms with Crippen LogP contribution in [0.15, 0.2) is 13.4 Å². The number of hydrogen-bond donors (Lipinski definition) is 1. The summed E-state index contributed by atoms with van der Waals surface area (Å²) in [6.07, 6.45) is 0. The Hall–Kier alpha value is 0.350. The zero-order valence-corrected chi connectivity index (χ0v) is 11.4. The molecule has 0 spiro atoms. The number of hydrogen-bond acceptors (Lipinski definition) is 2. The van der Waals surface area contributed by atoms with E-state index in [0.29, 0.717) is 10.5 Å². The first-order valence-corrected chi connectivity index (χ1v) is 5.91. The number of aromatic nitrogens is 3. The van der Waals surface area contributed by atoms with E-state index in [2.05, 4.69) is 63.2 Å². The first-order valence-electron chi connectivity index (χ1n) is 3.15. The summed E-state index contributed by atoms with van der Waals surface area (Å²) in [5.74, 6) is 0. The normalized spacial score (nSPS) is 11.1. The summed E-state index contributed by atoms with van der Waals surface area (Å²) in [6, 6.07) is 0. The van der Waals surface area contributed by atoms with Gasteiger partial charge in [-0.05, 0) is 47.8 Å². The van der Waals surface area contributed by atoms with Gasteiger partial charge in [-0.25, -0.2) is 0 Å². The van der Waals surface area contributed by atoms with E-state index in [0.717, 1.165) is 18.9 Å². The van der Waals surface area contributed by atoms with Gasteiger partial charge in [-0.1, -0.05) is 11.6 Å². The molecule has 3 nitrogen and oxygen atoms in total. The van der Waals surface area contributed by atoms with Gasteiger partial charge in [-0.3, -0.25) is 0 Å². The van der Waals surface area contributed by atoms with Crippen molar-refractivity contribution in [2.24, 2.45) is 0 Å². The molecule has 2 rings (SSSR count). The second kappa shape index (κ2) is 3.49. The lowest BCUT2D eigenvalue weighted by atomic mass is 10.3. The van der Waals surface area contributed by atoms with E-state index >= 15 is 0 Å². The van der Waals surface area contributed by atoms with Crippen LogP contribution in [0, 0.1) is 0 Å². The van der Waals surface area contributed by atoms with Crippen molar-refractivity contribution in [3.63, 3.8) is 0 Å². The van der Waals surface area contributed by atoms with Crippen LogP contribution in [0.1, 0.15) is 0 Å². The minimum absolute atomic E-state index is 0.577. The molecule has 0 saturated heterocycles. The molecule has 68 valence electrons. The van der Waals surface area contributed by atoms with Crippen molar-refractivity contribution in [2.75, 3.05) is 0 Å². The third-order valence-electron chi connectivity index (χ3n) is 1.54. The van der Waals surface area contributed by atoms with Crippen molar-refractivity contribution in [3.05, 3.63) is 18.4 Å². The summed E-state index contributed by atoms with van der Waals surface area (Å²) in [6.45, 7) is 0. The van der Waals surface area contributed by atoms with Crippen LogP contribution in [0.3, 0.4) is 0 Å². The highest BCUT2D eigenvalue weighted by Crippen LogP contribution is 2.41. The summed E-state index contributed by atoms with van der Waals surface area (Å²) in [4.78, 5) is 0. The Balaban J connectivity index is 3.02. The maximum Gasteiger partial charge on any atom is 0.129 e. The Morgan fingerprint density at radius 1 is 0.923 bits per heavy atom. The Morgan fingerprint density at radius 3 is 2.08 bits per heavy atom. The minimum Gasteiger partial charge on any atom is -0.197 e. The first-order chi connectivity index (χ1) is 6.13. The Bertz CT molecular complexity index is 439. The second-order valence-corrected chi connectivity index (χ2v) is 5.03. The van der Waals surface area contributed by atoms with Gasteiger partial charge in [0.2, 0.25) is 0 Å². The summed E-state index contributed by atoms with van der Waals surface area (Å²) in [5.41, 5.74) is 1.45. The van der Waals surface area contributed by atoms with Gasteiger partial charge in [0, 0.05) is 0 Å². The van der Waals surface area contributed by atoms with Crippen LogP contribution in [-0.4, -0.2) is 15.4 Å². The average molecular weight is 390 g/mol. The molecular weight excluding hydrogens is 389 g/mol. The molecule has 1 aromatic carbocycles. The highest BCUT2D eigenvalue weighted by atomic mass is 79.9. The van der Waals surface area contributed by atoms with Gasteiger partial charge in [0.05, 0.1) is 18.4 Å². The third kappa shape index (κ3) is 1.44. The summed E-state index contributed by atoms with van der Waals surface area (Å²) in [5, 5.41) is 11.1. The second-order valence-electron chi connectivity index (χ2n) is 2.28. The van der Waals surface area contributed by atoms with Crippen molar-refractivity contribution in [1.29, 1.82) is 0 Å². The Labute approximate surface area is 104 Å². The molecule has 0 unspecified atom stereocenters. The van der Waals surface area contributed by atoms with Crippen LogP contribution < -0.4 is 0 Å². The molecular formula is C6HBr3ClN3. The van der Waals surface area contributed by atoms with Crippen LogP contribution in [-0.2, 0) is 0 Å². The quantitative estimate of drug-likeness (QED) is 0.548. The third-order valence-corrected chi connectivity index (χ3v) is 5.25. The maximum absolute atomic E-state index is 6.01. The van der Waals surface area contributed by atoms with E-state index in [1.165, 1.54) is 0 Å². The first kappa shape index (κ1) is 9.89. The zero-order chi connectivity index (χ0) is 9.59. The van der Waals surface area contributed by atoms with Crippen molar-refractivity contribution >= 4 is 70.4 Å². The molecule has 13 heavy (non-hydrogen) atoms. The molecule has 0 aliphatic carbocycles. The zero-order valence-electron chi connectivity index (χ0n) is 5.91.